The highest BCUT2D eigenvalue weighted by atomic mass is 19.1. The molecule has 76 valence electrons. The normalized spacial score (nSPS) is 8.60. The van der Waals surface area contributed by atoms with Crippen molar-refractivity contribution < 1.29 is 4.39 Å². The van der Waals surface area contributed by atoms with Crippen LogP contribution in [-0.2, 0) is 0 Å². The van der Waals surface area contributed by atoms with Gasteiger partial charge >= 0.3 is 0 Å². The maximum absolute atomic E-state index is 13.0. The fraction of sp³-hybridized carbons (Fsp3) is 0.250. The minimum atomic E-state index is -0.405. The van der Waals surface area contributed by atoms with Crippen LogP contribution in [0.25, 0.3) is 0 Å². The third kappa shape index (κ3) is 3.70. The second-order valence-corrected chi connectivity index (χ2v) is 2.94. The van der Waals surface area contributed by atoms with Gasteiger partial charge in [0.15, 0.2) is 0 Å². The van der Waals surface area contributed by atoms with E-state index in [-0.39, 0.29) is 0 Å². The maximum Gasteiger partial charge on any atom is 0.126 e. The predicted octanol–water partition coefficient (Wildman–Crippen LogP) is 2.52. The van der Waals surface area contributed by atoms with Gasteiger partial charge in [0.2, 0.25) is 0 Å². The van der Waals surface area contributed by atoms with E-state index in [0.29, 0.717) is 24.2 Å². The zero-order chi connectivity index (χ0) is 11.1. The Labute approximate surface area is 88.7 Å². The number of rotatable bonds is 3. The molecule has 0 aliphatic carbocycles. The lowest BCUT2D eigenvalue weighted by atomic mass is 10.2. The highest BCUT2D eigenvalue weighted by molar-refractivity contribution is 5.49. The summed E-state index contributed by atoms with van der Waals surface area (Å²) in [4.78, 5) is 0. The summed E-state index contributed by atoms with van der Waals surface area (Å²) >= 11 is 0. The second-order valence-electron chi connectivity index (χ2n) is 2.94. The van der Waals surface area contributed by atoms with Gasteiger partial charge in [-0.15, -0.1) is 11.8 Å². The van der Waals surface area contributed by atoms with Gasteiger partial charge in [-0.25, -0.2) is 4.39 Å². The molecule has 1 N–H and O–H groups in total. The number of nitrogens with one attached hydrogen (secondary N) is 1. The lowest BCUT2D eigenvalue weighted by molar-refractivity contribution is 0.628. The van der Waals surface area contributed by atoms with Crippen LogP contribution < -0.4 is 5.32 Å². The molecule has 0 saturated heterocycles. The Bertz CT molecular complexity index is 435. The molecule has 1 aromatic carbocycles. The van der Waals surface area contributed by atoms with E-state index < -0.39 is 5.82 Å². The van der Waals surface area contributed by atoms with Crippen LogP contribution in [0.2, 0.25) is 0 Å². The molecule has 1 aromatic rings. The van der Waals surface area contributed by atoms with E-state index in [1.54, 1.807) is 13.0 Å². The highest BCUT2D eigenvalue weighted by Gasteiger charge is 1.98. The zero-order valence-electron chi connectivity index (χ0n) is 8.47. The largest absolute Gasteiger partial charge is 0.384 e. The number of halogens is 1. The standard InChI is InChI=1S/C12H11FN2/c1-2-3-4-5-15-12-7-10(9-14)6-11(13)8-12/h6-8,15H,4-5H2,1H3. The monoisotopic (exact) mass is 202 g/mol. The predicted molar refractivity (Wildman–Crippen MR) is 57.7 cm³/mol. The summed E-state index contributed by atoms with van der Waals surface area (Å²) in [5.74, 6) is 5.26. The lowest BCUT2D eigenvalue weighted by Crippen LogP contribution is -2.01. The third-order valence-electron chi connectivity index (χ3n) is 1.78. The van der Waals surface area contributed by atoms with Gasteiger partial charge in [-0.05, 0) is 25.1 Å². The van der Waals surface area contributed by atoms with Crippen molar-refractivity contribution in [3.63, 3.8) is 0 Å². The zero-order valence-corrected chi connectivity index (χ0v) is 8.47. The van der Waals surface area contributed by atoms with Crippen molar-refractivity contribution in [3.8, 4) is 17.9 Å². The van der Waals surface area contributed by atoms with Gasteiger partial charge < -0.3 is 5.32 Å². The minimum absolute atomic E-state index is 0.319. The van der Waals surface area contributed by atoms with Gasteiger partial charge in [0.25, 0.3) is 0 Å². The second kappa shape index (κ2) is 5.67. The first-order chi connectivity index (χ1) is 7.26. The van der Waals surface area contributed by atoms with Gasteiger partial charge in [-0.1, -0.05) is 0 Å². The minimum Gasteiger partial charge on any atom is -0.384 e. The Kier molecular flexibility index (Phi) is 4.19. The van der Waals surface area contributed by atoms with Crippen LogP contribution >= 0.6 is 0 Å². The van der Waals surface area contributed by atoms with Crippen molar-refractivity contribution in [2.45, 2.75) is 13.3 Å². The van der Waals surface area contributed by atoms with Gasteiger partial charge in [0.1, 0.15) is 5.82 Å². The summed E-state index contributed by atoms with van der Waals surface area (Å²) in [6.07, 6.45) is 0.703. The molecule has 0 unspecified atom stereocenters. The molecule has 0 saturated carbocycles. The van der Waals surface area contributed by atoms with Crippen LogP contribution in [-0.4, -0.2) is 6.54 Å². The first kappa shape index (κ1) is 11.1. The van der Waals surface area contributed by atoms with E-state index in [0.717, 1.165) is 0 Å². The molecule has 0 aliphatic heterocycles. The molecule has 0 amide bonds. The Morgan fingerprint density at radius 3 is 2.87 bits per heavy atom. The van der Waals surface area contributed by atoms with Gasteiger partial charge in [-0.2, -0.15) is 5.26 Å². The van der Waals surface area contributed by atoms with Crippen LogP contribution in [0.1, 0.15) is 18.9 Å². The van der Waals surface area contributed by atoms with Crippen molar-refractivity contribution in [1.82, 2.24) is 0 Å². The Morgan fingerprint density at radius 1 is 1.40 bits per heavy atom. The summed E-state index contributed by atoms with van der Waals surface area (Å²) < 4.78 is 13.0. The highest BCUT2D eigenvalue weighted by Crippen LogP contribution is 2.13. The third-order valence-corrected chi connectivity index (χ3v) is 1.78. The molecular weight excluding hydrogens is 191 g/mol. The molecule has 0 atom stereocenters. The molecule has 0 aliphatic rings. The summed E-state index contributed by atoms with van der Waals surface area (Å²) in [6.45, 7) is 2.42. The molecular formula is C12H11FN2. The average molecular weight is 202 g/mol. The van der Waals surface area contributed by atoms with Crippen molar-refractivity contribution >= 4 is 5.69 Å². The Morgan fingerprint density at radius 2 is 2.20 bits per heavy atom. The lowest BCUT2D eigenvalue weighted by Gasteiger charge is -2.04. The molecule has 15 heavy (non-hydrogen) atoms. The van der Waals surface area contributed by atoms with E-state index in [1.807, 2.05) is 6.07 Å². The molecule has 0 radical (unpaired) electrons. The molecule has 0 bridgehead atoms. The van der Waals surface area contributed by atoms with Gasteiger partial charge in [0, 0.05) is 18.7 Å². The van der Waals surface area contributed by atoms with E-state index in [4.69, 9.17) is 5.26 Å². The van der Waals surface area contributed by atoms with Gasteiger partial charge in [-0.3, -0.25) is 0 Å². The molecule has 0 heterocycles. The van der Waals surface area contributed by atoms with Crippen molar-refractivity contribution in [1.29, 1.82) is 5.26 Å². The van der Waals surface area contributed by atoms with Crippen LogP contribution in [0.5, 0.6) is 0 Å². The van der Waals surface area contributed by atoms with Crippen LogP contribution in [0, 0.1) is 29.0 Å². The number of benzene rings is 1. The number of nitriles is 1. The van der Waals surface area contributed by atoms with Gasteiger partial charge in [0.05, 0.1) is 11.6 Å². The van der Waals surface area contributed by atoms with E-state index in [9.17, 15) is 4.39 Å². The number of hydrogen-bond donors (Lipinski definition) is 1. The quantitative estimate of drug-likeness (QED) is 0.604. The van der Waals surface area contributed by atoms with Crippen molar-refractivity contribution in [3.05, 3.63) is 29.6 Å². The Hall–Kier alpha value is -2.00. The van der Waals surface area contributed by atoms with Crippen LogP contribution in [0.3, 0.4) is 0 Å². The molecule has 2 nitrogen and oxygen atoms in total. The summed E-state index contributed by atoms with van der Waals surface area (Å²) in [5, 5.41) is 11.6. The van der Waals surface area contributed by atoms with Crippen LogP contribution in [0.15, 0.2) is 18.2 Å². The average Bonchev–Trinajstić information content (AvgIpc) is 2.23. The molecule has 1 rings (SSSR count). The summed E-state index contributed by atoms with van der Waals surface area (Å²) in [7, 11) is 0. The molecule has 0 aromatic heterocycles. The smallest absolute Gasteiger partial charge is 0.126 e. The fourth-order valence-electron chi connectivity index (χ4n) is 1.15. The van der Waals surface area contributed by atoms with E-state index in [2.05, 4.69) is 17.2 Å². The molecule has 0 fully saturated rings. The van der Waals surface area contributed by atoms with Crippen LogP contribution in [0.4, 0.5) is 10.1 Å². The molecule has 3 heteroatoms. The topological polar surface area (TPSA) is 35.8 Å². The van der Waals surface area contributed by atoms with Crippen molar-refractivity contribution in [2.75, 3.05) is 11.9 Å². The maximum atomic E-state index is 13.0. The summed E-state index contributed by atoms with van der Waals surface area (Å²) in [5.41, 5.74) is 0.934. The SMILES string of the molecule is CC#CCCNc1cc(F)cc(C#N)c1. The van der Waals surface area contributed by atoms with E-state index in [1.165, 1.54) is 12.1 Å². The molecule has 0 spiro atoms. The summed E-state index contributed by atoms with van der Waals surface area (Å²) in [6, 6.07) is 6.08. The number of nitrogens with zero attached hydrogens (tertiary/aromatic N) is 1. The first-order valence-corrected chi connectivity index (χ1v) is 4.60. The van der Waals surface area contributed by atoms with Crippen molar-refractivity contribution in [2.24, 2.45) is 0 Å². The Balaban J connectivity index is 2.64. The number of anilines is 1. The number of hydrogen-bond acceptors (Lipinski definition) is 2. The van der Waals surface area contributed by atoms with E-state index >= 15 is 0 Å². The fourth-order valence-corrected chi connectivity index (χ4v) is 1.15. The first-order valence-electron chi connectivity index (χ1n) is 4.60.